The average Bonchev–Trinajstić information content (AvgIpc) is 3.18. The fourth-order valence-electron chi connectivity index (χ4n) is 2.35. The smallest absolute Gasteiger partial charge is 0.0949 e. The molecule has 2 aromatic rings. The molecule has 4 heteroatoms. The van der Waals surface area contributed by atoms with E-state index in [9.17, 15) is 5.11 Å². The number of aromatic nitrogens is 1. The Kier molecular flexibility index (Phi) is 3.55. The Bertz CT molecular complexity index is 560. The van der Waals surface area contributed by atoms with Crippen molar-refractivity contribution in [2.24, 2.45) is 0 Å². The van der Waals surface area contributed by atoms with Crippen molar-refractivity contribution in [1.82, 2.24) is 9.88 Å². The Labute approximate surface area is 112 Å². The van der Waals surface area contributed by atoms with Gasteiger partial charge in [-0.25, -0.2) is 0 Å². The molecule has 1 aromatic carbocycles. The summed E-state index contributed by atoms with van der Waals surface area (Å²) in [6, 6.07) is 9.18. The highest BCUT2D eigenvalue weighted by atomic mass is 16.3. The molecule has 0 spiro atoms. The van der Waals surface area contributed by atoms with Gasteiger partial charge in [-0.3, -0.25) is 0 Å². The van der Waals surface area contributed by atoms with Gasteiger partial charge in [-0.1, -0.05) is 6.07 Å². The lowest BCUT2D eigenvalue weighted by molar-refractivity contribution is 0.0822. The Morgan fingerprint density at radius 2 is 2.16 bits per heavy atom. The van der Waals surface area contributed by atoms with E-state index in [1.807, 2.05) is 10.8 Å². The van der Waals surface area contributed by atoms with Gasteiger partial charge in [-0.15, -0.1) is 0 Å². The molecular weight excluding hydrogens is 240 g/mol. The number of benzene rings is 1. The van der Waals surface area contributed by atoms with Crippen LogP contribution in [0.2, 0.25) is 0 Å². The quantitative estimate of drug-likeness (QED) is 0.732. The molecule has 1 aliphatic rings. The predicted octanol–water partition coefficient (Wildman–Crippen LogP) is 1.25. The molecule has 0 aliphatic heterocycles. The van der Waals surface area contributed by atoms with E-state index in [2.05, 4.69) is 29.6 Å². The molecular formula is C15H20N2O2. The van der Waals surface area contributed by atoms with Crippen LogP contribution in [0, 0.1) is 0 Å². The third kappa shape index (κ3) is 2.97. The van der Waals surface area contributed by atoms with Gasteiger partial charge in [0, 0.05) is 24.3 Å². The second kappa shape index (κ2) is 5.33. The van der Waals surface area contributed by atoms with Crippen LogP contribution >= 0.6 is 0 Å². The van der Waals surface area contributed by atoms with Gasteiger partial charge < -0.3 is 20.1 Å². The molecule has 0 saturated heterocycles. The van der Waals surface area contributed by atoms with Crippen molar-refractivity contribution in [1.29, 1.82) is 0 Å². The van der Waals surface area contributed by atoms with Crippen LogP contribution in [0.5, 0.6) is 0 Å². The summed E-state index contributed by atoms with van der Waals surface area (Å²) >= 11 is 0. The first-order chi connectivity index (χ1) is 9.26. The molecule has 1 saturated carbocycles. The van der Waals surface area contributed by atoms with Crippen LogP contribution in [0.1, 0.15) is 18.4 Å². The fourth-order valence-corrected chi connectivity index (χ4v) is 2.35. The zero-order chi connectivity index (χ0) is 13.2. The van der Waals surface area contributed by atoms with E-state index >= 15 is 0 Å². The lowest BCUT2D eigenvalue weighted by atomic mass is 10.1. The topological polar surface area (TPSA) is 57.4 Å². The van der Waals surface area contributed by atoms with Gasteiger partial charge in [0.25, 0.3) is 0 Å². The average molecular weight is 260 g/mol. The number of fused-ring (bicyclic) bond motifs is 1. The summed E-state index contributed by atoms with van der Waals surface area (Å²) in [7, 11) is 0. The van der Waals surface area contributed by atoms with E-state index in [0.717, 1.165) is 18.1 Å². The first-order valence-corrected chi connectivity index (χ1v) is 6.86. The monoisotopic (exact) mass is 260 g/mol. The zero-order valence-electron chi connectivity index (χ0n) is 10.9. The summed E-state index contributed by atoms with van der Waals surface area (Å²) in [5.41, 5.74) is 2.39. The number of nitrogens with zero attached hydrogens (tertiary/aromatic N) is 1. The Morgan fingerprint density at radius 3 is 2.89 bits per heavy atom. The Morgan fingerprint density at radius 1 is 1.32 bits per heavy atom. The van der Waals surface area contributed by atoms with Crippen molar-refractivity contribution in [2.45, 2.75) is 38.1 Å². The summed E-state index contributed by atoms with van der Waals surface area (Å²) in [6.07, 6.45) is 3.86. The maximum Gasteiger partial charge on any atom is 0.0949 e. The third-order valence-electron chi connectivity index (χ3n) is 3.63. The number of nitrogens with one attached hydrogen (secondary N) is 1. The minimum Gasteiger partial charge on any atom is -0.394 e. The Hall–Kier alpha value is -1.36. The molecule has 3 N–H and O–H groups in total. The van der Waals surface area contributed by atoms with Crippen molar-refractivity contribution in [3.05, 3.63) is 36.0 Å². The van der Waals surface area contributed by atoms with Crippen LogP contribution in [0.4, 0.5) is 0 Å². The molecule has 1 aliphatic carbocycles. The minimum absolute atomic E-state index is 0.205. The van der Waals surface area contributed by atoms with Crippen LogP contribution in [-0.4, -0.2) is 33.5 Å². The maximum absolute atomic E-state index is 9.52. The highest BCUT2D eigenvalue weighted by Gasteiger charge is 2.19. The Balaban J connectivity index is 1.76. The molecule has 0 bridgehead atoms. The third-order valence-corrected chi connectivity index (χ3v) is 3.63. The molecule has 4 nitrogen and oxygen atoms in total. The standard InChI is InChI=1S/C15H20N2O2/c18-10-14(19)9-17-6-5-12-7-11(1-4-15(12)17)8-16-13-2-3-13/h1,4-7,13-14,16,18-19H,2-3,8-10H2. The molecule has 0 amide bonds. The minimum atomic E-state index is -0.702. The van der Waals surface area contributed by atoms with E-state index in [1.165, 1.54) is 23.8 Å². The number of aliphatic hydroxyl groups is 2. The highest BCUT2D eigenvalue weighted by molar-refractivity contribution is 5.80. The second-order valence-electron chi connectivity index (χ2n) is 5.35. The lowest BCUT2D eigenvalue weighted by Gasteiger charge is -2.10. The van der Waals surface area contributed by atoms with Gasteiger partial charge in [-0.05, 0) is 42.0 Å². The van der Waals surface area contributed by atoms with Crippen molar-refractivity contribution in [3.8, 4) is 0 Å². The van der Waals surface area contributed by atoms with Gasteiger partial charge in [-0.2, -0.15) is 0 Å². The summed E-state index contributed by atoms with van der Waals surface area (Å²) in [5, 5.41) is 23.1. The SMILES string of the molecule is OCC(O)Cn1ccc2cc(CNC3CC3)ccc21. The molecule has 1 fully saturated rings. The van der Waals surface area contributed by atoms with E-state index in [4.69, 9.17) is 5.11 Å². The molecule has 102 valence electrons. The van der Waals surface area contributed by atoms with Gasteiger partial charge in [0.1, 0.15) is 0 Å². The molecule has 1 aromatic heterocycles. The van der Waals surface area contributed by atoms with Gasteiger partial charge in [0.05, 0.1) is 19.3 Å². The molecule has 3 rings (SSSR count). The van der Waals surface area contributed by atoms with Gasteiger partial charge in [0.2, 0.25) is 0 Å². The number of hydrogen-bond donors (Lipinski definition) is 3. The van der Waals surface area contributed by atoms with Crippen LogP contribution in [0.15, 0.2) is 30.5 Å². The molecule has 1 unspecified atom stereocenters. The van der Waals surface area contributed by atoms with Crippen LogP contribution < -0.4 is 5.32 Å². The number of aliphatic hydroxyl groups excluding tert-OH is 2. The molecule has 1 atom stereocenters. The fraction of sp³-hybridized carbons (Fsp3) is 0.467. The van der Waals surface area contributed by atoms with Crippen LogP contribution in [0.25, 0.3) is 10.9 Å². The summed E-state index contributed by atoms with van der Waals surface area (Å²) in [5.74, 6) is 0. The van der Waals surface area contributed by atoms with Crippen LogP contribution in [0.3, 0.4) is 0 Å². The molecule has 0 radical (unpaired) electrons. The number of rotatable bonds is 6. The van der Waals surface area contributed by atoms with Crippen molar-refractivity contribution in [2.75, 3.05) is 6.61 Å². The summed E-state index contributed by atoms with van der Waals surface area (Å²) in [4.78, 5) is 0. The molecule has 19 heavy (non-hydrogen) atoms. The van der Waals surface area contributed by atoms with Crippen molar-refractivity contribution >= 4 is 10.9 Å². The maximum atomic E-state index is 9.52. The van der Waals surface area contributed by atoms with Gasteiger partial charge in [0.15, 0.2) is 0 Å². The van der Waals surface area contributed by atoms with E-state index in [1.54, 1.807) is 0 Å². The van der Waals surface area contributed by atoms with E-state index in [0.29, 0.717) is 6.54 Å². The normalized spacial score (nSPS) is 16.9. The first kappa shape index (κ1) is 12.7. The summed E-state index contributed by atoms with van der Waals surface area (Å²) < 4.78 is 1.98. The first-order valence-electron chi connectivity index (χ1n) is 6.86. The lowest BCUT2D eigenvalue weighted by Crippen LogP contribution is -2.19. The number of hydrogen-bond acceptors (Lipinski definition) is 3. The van der Waals surface area contributed by atoms with E-state index in [-0.39, 0.29) is 6.61 Å². The van der Waals surface area contributed by atoms with Gasteiger partial charge >= 0.3 is 0 Å². The largest absolute Gasteiger partial charge is 0.394 e. The highest BCUT2D eigenvalue weighted by Crippen LogP contribution is 2.21. The predicted molar refractivity (Wildman–Crippen MR) is 74.9 cm³/mol. The van der Waals surface area contributed by atoms with E-state index < -0.39 is 6.10 Å². The van der Waals surface area contributed by atoms with Crippen molar-refractivity contribution in [3.63, 3.8) is 0 Å². The summed E-state index contributed by atoms with van der Waals surface area (Å²) in [6.45, 7) is 1.15. The zero-order valence-corrected chi connectivity index (χ0v) is 10.9. The van der Waals surface area contributed by atoms with Crippen LogP contribution in [-0.2, 0) is 13.1 Å². The molecule has 1 heterocycles. The van der Waals surface area contributed by atoms with Crippen molar-refractivity contribution < 1.29 is 10.2 Å². The second-order valence-corrected chi connectivity index (χ2v) is 5.35.